The van der Waals surface area contributed by atoms with E-state index in [-0.39, 0.29) is 11.9 Å². The number of nitrogens with zero attached hydrogens (tertiary/aromatic N) is 4. The summed E-state index contributed by atoms with van der Waals surface area (Å²) in [5, 5.41) is 10.6. The number of aromatic amines is 1. The topological polar surface area (TPSA) is 86.8 Å². The van der Waals surface area contributed by atoms with Crippen LogP contribution in [0, 0.1) is 6.92 Å². The van der Waals surface area contributed by atoms with Crippen molar-refractivity contribution >= 4 is 17.7 Å². The molecule has 2 aromatic rings. The third-order valence-corrected chi connectivity index (χ3v) is 4.81. The van der Waals surface area contributed by atoms with Crippen LogP contribution in [0.1, 0.15) is 30.3 Å². The molecule has 1 atom stereocenters. The van der Waals surface area contributed by atoms with Crippen LogP contribution in [-0.2, 0) is 4.79 Å². The van der Waals surface area contributed by atoms with Gasteiger partial charge in [0.1, 0.15) is 11.9 Å². The van der Waals surface area contributed by atoms with Gasteiger partial charge in [-0.05, 0) is 44.5 Å². The zero-order valence-corrected chi connectivity index (χ0v) is 14.6. The molecule has 1 amide bonds. The minimum Gasteiger partial charge on any atom is -0.354 e. The number of aromatic nitrogens is 4. The molecule has 0 radical (unpaired) electrons. The maximum Gasteiger partial charge on any atom is 0.242 e. The predicted molar refractivity (Wildman–Crippen MR) is 92.6 cm³/mol. The maximum absolute atomic E-state index is 12.7. The molecule has 0 unspecified atom stereocenters. The second-order valence-corrected chi connectivity index (χ2v) is 6.84. The largest absolute Gasteiger partial charge is 0.354 e. The van der Waals surface area contributed by atoms with Crippen molar-refractivity contribution in [3.8, 4) is 0 Å². The molecule has 0 aromatic carbocycles. The highest BCUT2D eigenvalue weighted by molar-refractivity contribution is 7.99. The summed E-state index contributed by atoms with van der Waals surface area (Å²) in [6, 6.07) is 3.60. The van der Waals surface area contributed by atoms with Gasteiger partial charge in [-0.25, -0.2) is 4.98 Å². The average molecular weight is 346 g/mol. The van der Waals surface area contributed by atoms with Crippen molar-refractivity contribution < 1.29 is 4.79 Å². The monoisotopic (exact) mass is 346 g/mol. The predicted octanol–water partition coefficient (Wildman–Crippen LogP) is 1.55. The molecule has 8 heteroatoms. The van der Waals surface area contributed by atoms with Gasteiger partial charge in [0.15, 0.2) is 0 Å². The fraction of sp³-hybridized carbons (Fsp3) is 0.500. The number of nitrogens with one attached hydrogen (secondary N) is 2. The standard InChI is InChI=1S/C16H22N6OS/c1-12-19-16(21-20-12)24-10-7-18-15(23)14(22-8-2-3-9-22)13-5-4-6-17-11-13/h4-6,11,14H,2-3,7-10H2,1H3,(H,18,23)(H,19,20,21)/t14-/m0/s1. The lowest BCUT2D eigenvalue weighted by Crippen LogP contribution is -2.40. The third-order valence-electron chi connectivity index (χ3n) is 3.96. The fourth-order valence-electron chi connectivity index (χ4n) is 2.87. The molecular weight excluding hydrogens is 324 g/mol. The fourth-order valence-corrected chi connectivity index (χ4v) is 3.56. The number of rotatable bonds is 7. The smallest absolute Gasteiger partial charge is 0.242 e. The number of hydrogen-bond acceptors (Lipinski definition) is 6. The van der Waals surface area contributed by atoms with Crippen molar-refractivity contribution in [1.29, 1.82) is 0 Å². The van der Waals surface area contributed by atoms with Gasteiger partial charge in [0.05, 0.1) is 0 Å². The summed E-state index contributed by atoms with van der Waals surface area (Å²) in [5.74, 6) is 1.58. The van der Waals surface area contributed by atoms with E-state index >= 15 is 0 Å². The molecule has 1 aliphatic rings. The highest BCUT2D eigenvalue weighted by Crippen LogP contribution is 2.24. The molecule has 0 spiro atoms. The summed E-state index contributed by atoms with van der Waals surface area (Å²) in [5.41, 5.74) is 0.953. The molecule has 0 saturated carbocycles. The van der Waals surface area contributed by atoms with E-state index in [0.717, 1.165) is 43.1 Å². The zero-order valence-electron chi connectivity index (χ0n) is 13.7. The van der Waals surface area contributed by atoms with E-state index in [0.29, 0.717) is 11.7 Å². The van der Waals surface area contributed by atoms with Crippen molar-refractivity contribution in [2.45, 2.75) is 31.0 Å². The maximum atomic E-state index is 12.7. The van der Waals surface area contributed by atoms with E-state index in [9.17, 15) is 4.79 Å². The highest BCUT2D eigenvalue weighted by Gasteiger charge is 2.29. The molecule has 7 nitrogen and oxygen atoms in total. The summed E-state index contributed by atoms with van der Waals surface area (Å²) in [7, 11) is 0. The van der Waals surface area contributed by atoms with Gasteiger partial charge in [0.2, 0.25) is 11.1 Å². The van der Waals surface area contributed by atoms with Gasteiger partial charge in [0, 0.05) is 24.7 Å². The molecule has 0 bridgehead atoms. The molecule has 0 aliphatic carbocycles. The molecule has 2 N–H and O–H groups in total. The first-order chi connectivity index (χ1) is 11.7. The Kier molecular flexibility index (Phi) is 5.81. The van der Waals surface area contributed by atoms with Crippen LogP contribution in [0.2, 0.25) is 0 Å². The lowest BCUT2D eigenvalue weighted by molar-refractivity contribution is -0.126. The third kappa shape index (κ3) is 4.33. The normalized spacial score (nSPS) is 16.2. The Morgan fingerprint density at radius 3 is 2.96 bits per heavy atom. The van der Waals surface area contributed by atoms with Crippen LogP contribution >= 0.6 is 11.8 Å². The van der Waals surface area contributed by atoms with Crippen molar-refractivity contribution in [3.63, 3.8) is 0 Å². The number of H-pyrrole nitrogens is 1. The molecule has 1 fully saturated rings. The van der Waals surface area contributed by atoms with Crippen molar-refractivity contribution in [3.05, 3.63) is 35.9 Å². The van der Waals surface area contributed by atoms with Gasteiger partial charge in [-0.15, -0.1) is 5.10 Å². The van der Waals surface area contributed by atoms with E-state index in [1.807, 2.05) is 19.1 Å². The molecule has 3 rings (SSSR count). The van der Waals surface area contributed by atoms with Crippen LogP contribution in [0.5, 0.6) is 0 Å². The Hall–Kier alpha value is -1.93. The van der Waals surface area contributed by atoms with Gasteiger partial charge in [0.25, 0.3) is 0 Å². The minimum absolute atomic E-state index is 0.0386. The Balaban J connectivity index is 1.55. The molecule has 24 heavy (non-hydrogen) atoms. The number of thioether (sulfide) groups is 1. The SMILES string of the molecule is Cc1nc(SCCNC(=O)[C@H](c2cccnc2)N2CCCC2)n[nH]1. The minimum atomic E-state index is -0.253. The second-order valence-electron chi connectivity index (χ2n) is 5.77. The molecule has 128 valence electrons. The quantitative estimate of drug-likeness (QED) is 0.584. The lowest BCUT2D eigenvalue weighted by atomic mass is 10.1. The number of likely N-dealkylation sites (tertiary alicyclic amines) is 1. The van der Waals surface area contributed by atoms with E-state index < -0.39 is 0 Å². The van der Waals surface area contributed by atoms with Gasteiger partial charge in [-0.3, -0.25) is 19.8 Å². The molecular formula is C16H22N6OS. The molecule has 1 saturated heterocycles. The van der Waals surface area contributed by atoms with Crippen molar-refractivity contribution in [2.24, 2.45) is 0 Å². The summed E-state index contributed by atoms with van der Waals surface area (Å²) in [4.78, 5) is 23.4. The number of amides is 1. The Bertz CT molecular complexity index is 656. The number of hydrogen-bond donors (Lipinski definition) is 2. The number of carbonyl (C=O) groups is 1. The Morgan fingerprint density at radius 2 is 2.29 bits per heavy atom. The number of carbonyl (C=O) groups excluding carboxylic acids is 1. The van der Waals surface area contributed by atoms with Gasteiger partial charge >= 0.3 is 0 Å². The van der Waals surface area contributed by atoms with Crippen molar-refractivity contribution in [1.82, 2.24) is 30.4 Å². The van der Waals surface area contributed by atoms with Crippen LogP contribution in [-0.4, -0.2) is 56.4 Å². The van der Waals surface area contributed by atoms with E-state index in [2.05, 4.69) is 30.4 Å². The summed E-state index contributed by atoms with van der Waals surface area (Å²) in [6.07, 6.45) is 5.81. The van der Waals surface area contributed by atoms with Crippen molar-refractivity contribution in [2.75, 3.05) is 25.4 Å². The average Bonchev–Trinajstić information content (AvgIpc) is 3.25. The van der Waals surface area contributed by atoms with E-state index in [4.69, 9.17) is 0 Å². The molecule has 2 aromatic heterocycles. The first-order valence-corrected chi connectivity index (χ1v) is 9.16. The number of pyridine rings is 1. The first kappa shape index (κ1) is 16.9. The van der Waals surface area contributed by atoms with Crippen LogP contribution in [0.3, 0.4) is 0 Å². The summed E-state index contributed by atoms with van der Waals surface area (Å²) < 4.78 is 0. The Morgan fingerprint density at radius 1 is 1.46 bits per heavy atom. The van der Waals surface area contributed by atoms with Crippen LogP contribution < -0.4 is 5.32 Å². The van der Waals surface area contributed by atoms with Gasteiger partial charge in [-0.2, -0.15) is 0 Å². The highest BCUT2D eigenvalue weighted by atomic mass is 32.2. The molecule has 1 aliphatic heterocycles. The summed E-state index contributed by atoms with van der Waals surface area (Å²) >= 11 is 1.53. The first-order valence-electron chi connectivity index (χ1n) is 8.17. The number of aryl methyl sites for hydroxylation is 1. The summed E-state index contributed by atoms with van der Waals surface area (Å²) in [6.45, 7) is 4.37. The lowest BCUT2D eigenvalue weighted by Gasteiger charge is -2.26. The van der Waals surface area contributed by atoms with Crippen LogP contribution in [0.4, 0.5) is 0 Å². The molecule has 3 heterocycles. The van der Waals surface area contributed by atoms with Gasteiger partial charge < -0.3 is 5.32 Å². The van der Waals surface area contributed by atoms with E-state index in [1.165, 1.54) is 11.8 Å². The Labute approximate surface area is 145 Å². The zero-order chi connectivity index (χ0) is 16.8. The van der Waals surface area contributed by atoms with Crippen LogP contribution in [0.25, 0.3) is 0 Å². The van der Waals surface area contributed by atoms with Crippen LogP contribution in [0.15, 0.2) is 29.7 Å². The second kappa shape index (κ2) is 8.25. The van der Waals surface area contributed by atoms with Gasteiger partial charge in [-0.1, -0.05) is 17.8 Å². The van der Waals surface area contributed by atoms with E-state index in [1.54, 1.807) is 12.4 Å².